The molecular formula is C20H35N5O7SSi. The van der Waals surface area contributed by atoms with Crippen LogP contribution in [0.1, 0.15) is 58.4 Å². The lowest BCUT2D eigenvalue weighted by atomic mass is 10.0. The number of amides is 2. The van der Waals surface area contributed by atoms with E-state index >= 15 is 0 Å². The number of hydrogen-bond acceptors (Lipinski definition) is 9. The summed E-state index contributed by atoms with van der Waals surface area (Å²) in [7, 11) is -6.87. The molecule has 12 nitrogen and oxygen atoms in total. The largest absolute Gasteiger partial charge is 0.423 e. The highest BCUT2D eigenvalue weighted by Gasteiger charge is 2.49. The van der Waals surface area contributed by atoms with Crippen LogP contribution in [0.3, 0.4) is 0 Å². The van der Waals surface area contributed by atoms with Gasteiger partial charge in [0.05, 0.1) is 18.6 Å². The summed E-state index contributed by atoms with van der Waals surface area (Å²) < 4.78 is 48.1. The maximum Gasteiger partial charge on any atom is 0.418 e. The summed E-state index contributed by atoms with van der Waals surface area (Å²) in [5, 5.41) is 12.3. The molecule has 0 aliphatic carbocycles. The van der Waals surface area contributed by atoms with Crippen LogP contribution < -0.4 is 5.32 Å². The van der Waals surface area contributed by atoms with Crippen molar-refractivity contribution in [3.05, 3.63) is 24.1 Å². The zero-order valence-electron chi connectivity index (χ0n) is 20.6. The summed E-state index contributed by atoms with van der Waals surface area (Å²) >= 11 is 0. The van der Waals surface area contributed by atoms with Crippen molar-refractivity contribution in [1.82, 2.24) is 25.5 Å². The van der Waals surface area contributed by atoms with Crippen LogP contribution in [0.4, 0.5) is 4.79 Å². The maximum atomic E-state index is 12.7. The fraction of sp³-hybridized carbons (Fsp3) is 0.750. The number of carbonyl (C=O) groups excluding carboxylic acids is 1. The molecule has 34 heavy (non-hydrogen) atoms. The van der Waals surface area contributed by atoms with Crippen LogP contribution in [0, 0.1) is 0 Å². The third-order valence-electron chi connectivity index (χ3n) is 6.57. The molecule has 2 bridgehead atoms. The molecule has 2 fully saturated rings. The molecule has 2 aliphatic rings. The maximum absolute atomic E-state index is 12.7. The minimum atomic E-state index is -4.80. The lowest BCUT2D eigenvalue weighted by Crippen LogP contribution is -2.47. The van der Waals surface area contributed by atoms with Gasteiger partial charge in [-0.1, -0.05) is 27.4 Å². The molecule has 1 aromatic rings. The number of carbonyl (C=O) groups is 1. The molecule has 0 aromatic carbocycles. The standard InChI is InChI=1S/C20H35N5O7SSi/c1-13(2)21-11-15(31-34(6,7)20(3,4)5)10-17-22-23-18(30-17)16-9-8-14-12-24(16)19(26)25(14)32-33(27,28)29/h14-16,21H,1,8-12H2,2-7H3,(H,27,28,29)/t14-,15?,16+/m1/s1. The summed E-state index contributed by atoms with van der Waals surface area (Å²) in [5.41, 5.74) is 0.830. The zero-order valence-corrected chi connectivity index (χ0v) is 22.4. The van der Waals surface area contributed by atoms with Crippen molar-refractivity contribution in [3.63, 3.8) is 0 Å². The number of rotatable bonds is 10. The van der Waals surface area contributed by atoms with Gasteiger partial charge >= 0.3 is 16.4 Å². The minimum absolute atomic E-state index is 0.0270. The second kappa shape index (κ2) is 9.57. The lowest BCUT2D eigenvalue weighted by molar-refractivity contribution is -0.0317. The number of allylic oxidation sites excluding steroid dienone is 1. The molecular weight excluding hydrogens is 482 g/mol. The first-order valence-electron chi connectivity index (χ1n) is 11.2. The third-order valence-corrected chi connectivity index (χ3v) is 11.5. The number of nitrogens with zero attached hydrogens (tertiary/aromatic N) is 4. The Bertz CT molecular complexity index is 1020. The normalized spacial score (nSPS) is 22.3. The molecule has 0 spiro atoms. The predicted molar refractivity (Wildman–Crippen MR) is 125 cm³/mol. The summed E-state index contributed by atoms with van der Waals surface area (Å²) in [6.07, 6.45) is 1.12. The average molecular weight is 518 g/mol. The molecule has 3 atom stereocenters. The lowest BCUT2D eigenvalue weighted by Gasteiger charge is -2.39. The molecule has 3 rings (SSSR count). The molecule has 1 unspecified atom stereocenters. The number of fused-ring (bicyclic) bond motifs is 2. The van der Waals surface area contributed by atoms with E-state index in [0.717, 1.165) is 5.70 Å². The summed E-state index contributed by atoms with van der Waals surface area (Å²) in [4.78, 5) is 14.1. The van der Waals surface area contributed by atoms with Gasteiger partial charge in [0.25, 0.3) is 0 Å². The number of hydrogen-bond donors (Lipinski definition) is 2. The Labute approximate surface area is 201 Å². The van der Waals surface area contributed by atoms with Gasteiger partial charge in [-0.15, -0.1) is 14.5 Å². The summed E-state index contributed by atoms with van der Waals surface area (Å²) in [6, 6.07) is -1.66. The van der Waals surface area contributed by atoms with Gasteiger partial charge in [-0.3, -0.25) is 4.55 Å². The van der Waals surface area contributed by atoms with Crippen molar-refractivity contribution in [2.45, 2.75) is 83.3 Å². The molecule has 2 aliphatic heterocycles. The van der Waals surface area contributed by atoms with Gasteiger partial charge in [-0.25, -0.2) is 4.79 Å². The molecule has 2 saturated heterocycles. The minimum Gasteiger partial charge on any atom is -0.423 e. The first-order chi connectivity index (χ1) is 15.6. The molecule has 3 heterocycles. The molecule has 0 saturated carbocycles. The fourth-order valence-corrected chi connectivity index (χ4v) is 5.55. The van der Waals surface area contributed by atoms with Crippen LogP contribution in [0.5, 0.6) is 0 Å². The van der Waals surface area contributed by atoms with Crippen molar-refractivity contribution in [2.24, 2.45) is 0 Å². The number of nitrogens with one attached hydrogen (secondary N) is 1. The van der Waals surface area contributed by atoms with Crippen molar-refractivity contribution in [2.75, 3.05) is 13.1 Å². The van der Waals surface area contributed by atoms with E-state index in [1.54, 1.807) is 0 Å². The number of aromatic nitrogens is 2. The summed E-state index contributed by atoms with van der Waals surface area (Å²) in [5.74, 6) is 0.663. The Hall–Kier alpha value is -2.00. The second-order valence-corrected chi connectivity index (χ2v) is 16.2. The van der Waals surface area contributed by atoms with Crippen LogP contribution in [0.25, 0.3) is 0 Å². The van der Waals surface area contributed by atoms with Gasteiger partial charge in [0.1, 0.15) is 6.04 Å². The average Bonchev–Trinajstić information content (AvgIpc) is 3.23. The fourth-order valence-electron chi connectivity index (χ4n) is 3.80. The van der Waals surface area contributed by atoms with Gasteiger partial charge in [-0.2, -0.15) is 13.5 Å². The van der Waals surface area contributed by atoms with Gasteiger partial charge in [0.15, 0.2) is 8.32 Å². The van der Waals surface area contributed by atoms with E-state index in [2.05, 4.69) is 60.2 Å². The number of hydroxylamine groups is 2. The van der Waals surface area contributed by atoms with Gasteiger partial charge in [-0.05, 0) is 37.9 Å². The highest BCUT2D eigenvalue weighted by molar-refractivity contribution is 7.80. The van der Waals surface area contributed by atoms with Crippen LogP contribution in [0.15, 0.2) is 16.7 Å². The van der Waals surface area contributed by atoms with Crippen LogP contribution >= 0.6 is 0 Å². The quantitative estimate of drug-likeness (QED) is 0.351. The van der Waals surface area contributed by atoms with E-state index < -0.39 is 36.8 Å². The first kappa shape index (κ1) is 26.6. The molecule has 14 heteroatoms. The summed E-state index contributed by atoms with van der Waals surface area (Å²) in [6.45, 7) is 17.4. The van der Waals surface area contributed by atoms with E-state index in [0.29, 0.717) is 36.8 Å². The Morgan fingerprint density at radius 3 is 2.62 bits per heavy atom. The van der Waals surface area contributed by atoms with Crippen molar-refractivity contribution < 1.29 is 30.9 Å². The van der Waals surface area contributed by atoms with Gasteiger partial charge < -0.3 is 19.1 Å². The van der Waals surface area contributed by atoms with Crippen molar-refractivity contribution in [1.29, 1.82) is 0 Å². The van der Waals surface area contributed by atoms with Gasteiger partial charge in [0.2, 0.25) is 11.8 Å². The Morgan fingerprint density at radius 2 is 2.03 bits per heavy atom. The predicted octanol–water partition coefficient (Wildman–Crippen LogP) is 2.80. The SMILES string of the molecule is C=C(C)NCC(Cc1nnc([C@@H]2CC[C@@H]3CN2C(=O)N3OS(=O)(=O)O)o1)O[Si](C)(C)C(C)(C)C. The smallest absolute Gasteiger partial charge is 0.418 e. The van der Waals surface area contributed by atoms with Crippen LogP contribution in [0.2, 0.25) is 18.1 Å². The molecule has 192 valence electrons. The molecule has 2 N–H and O–H groups in total. The molecule has 1 aromatic heterocycles. The monoisotopic (exact) mass is 517 g/mol. The Kier molecular flexibility index (Phi) is 7.48. The topological polar surface area (TPSA) is 147 Å². The Balaban J connectivity index is 1.73. The Morgan fingerprint density at radius 1 is 1.35 bits per heavy atom. The van der Waals surface area contributed by atoms with Gasteiger partial charge in [0, 0.05) is 18.8 Å². The van der Waals surface area contributed by atoms with E-state index in [9.17, 15) is 13.2 Å². The van der Waals surface area contributed by atoms with Crippen molar-refractivity contribution >= 4 is 24.7 Å². The van der Waals surface area contributed by atoms with Crippen LogP contribution in [-0.4, -0.2) is 72.7 Å². The van der Waals surface area contributed by atoms with E-state index in [4.69, 9.17) is 13.4 Å². The number of piperidine rings is 1. The first-order valence-corrected chi connectivity index (χ1v) is 15.5. The van der Waals surface area contributed by atoms with E-state index in [-0.39, 0.29) is 23.6 Å². The van der Waals surface area contributed by atoms with Crippen LogP contribution in [-0.2, 0) is 25.5 Å². The molecule has 0 radical (unpaired) electrons. The third kappa shape index (κ3) is 6.16. The van der Waals surface area contributed by atoms with E-state index in [1.165, 1.54) is 4.90 Å². The highest BCUT2D eigenvalue weighted by atomic mass is 32.3. The van der Waals surface area contributed by atoms with E-state index in [1.807, 2.05) is 6.92 Å². The molecule has 2 amide bonds. The zero-order chi connectivity index (χ0) is 25.5. The number of urea groups is 1. The van der Waals surface area contributed by atoms with Crippen molar-refractivity contribution in [3.8, 4) is 0 Å². The second-order valence-electron chi connectivity index (χ2n) is 10.4. The highest BCUT2D eigenvalue weighted by Crippen LogP contribution is 2.39.